The number of aromatic nitrogens is 2. The Bertz CT molecular complexity index is 547. The van der Waals surface area contributed by atoms with Crippen LogP contribution in [0.2, 0.25) is 0 Å². The van der Waals surface area contributed by atoms with E-state index in [1.165, 1.54) is 31.2 Å². The lowest BCUT2D eigenvalue weighted by molar-refractivity contribution is 0.123. The molecule has 104 valence electrons. The van der Waals surface area contributed by atoms with Crippen LogP contribution in [0, 0.1) is 5.92 Å². The molecule has 1 aromatic heterocycles. The summed E-state index contributed by atoms with van der Waals surface area (Å²) in [6.07, 6.45) is 10.3. The van der Waals surface area contributed by atoms with Crippen molar-refractivity contribution in [3.05, 3.63) is 54.6 Å². The fraction of sp³-hybridized carbons (Fsp3) is 0.375. The number of rotatable bonds is 3. The predicted octanol–water partition coefficient (Wildman–Crippen LogP) is 3.96. The Morgan fingerprint density at radius 2 is 2.00 bits per heavy atom. The number of imidazole rings is 1. The standard InChI is InChI=1S/C16H18N2OS/c20-16(18-11-10-17-12-18)19-15(14-8-4-5-9-14)13-6-2-1-3-7-13/h1-3,6-7,10-12,14-15H,4-5,8-9H2. The maximum absolute atomic E-state index is 6.12. The molecule has 1 unspecified atom stereocenters. The van der Waals surface area contributed by atoms with E-state index >= 15 is 0 Å². The molecule has 1 aliphatic rings. The summed E-state index contributed by atoms with van der Waals surface area (Å²) in [4.78, 5) is 4.02. The minimum atomic E-state index is 0.0496. The third-order valence-corrected chi connectivity index (χ3v) is 4.21. The summed E-state index contributed by atoms with van der Waals surface area (Å²) in [5.74, 6) is 0.555. The molecule has 20 heavy (non-hydrogen) atoms. The van der Waals surface area contributed by atoms with E-state index in [0.717, 1.165) is 0 Å². The number of hydrogen-bond acceptors (Lipinski definition) is 3. The van der Waals surface area contributed by atoms with E-state index in [-0.39, 0.29) is 6.10 Å². The molecule has 0 aliphatic heterocycles. The van der Waals surface area contributed by atoms with E-state index in [2.05, 4.69) is 29.2 Å². The van der Waals surface area contributed by atoms with Crippen LogP contribution in [0.4, 0.5) is 0 Å². The van der Waals surface area contributed by atoms with Crippen LogP contribution in [0.5, 0.6) is 0 Å². The van der Waals surface area contributed by atoms with E-state index in [0.29, 0.717) is 11.1 Å². The molecule has 3 nitrogen and oxygen atoms in total. The Morgan fingerprint density at radius 3 is 2.65 bits per heavy atom. The van der Waals surface area contributed by atoms with Gasteiger partial charge in [-0.15, -0.1) is 0 Å². The molecule has 1 aromatic carbocycles. The summed E-state index contributed by atoms with van der Waals surface area (Å²) in [5.41, 5.74) is 1.21. The van der Waals surface area contributed by atoms with E-state index in [1.54, 1.807) is 17.1 Å². The molecule has 0 spiro atoms. The molecule has 0 N–H and O–H groups in total. The highest BCUT2D eigenvalue weighted by Gasteiger charge is 2.28. The summed E-state index contributed by atoms with van der Waals surface area (Å²) >= 11 is 5.39. The van der Waals surface area contributed by atoms with Gasteiger partial charge in [-0.1, -0.05) is 43.2 Å². The summed E-state index contributed by atoms with van der Waals surface area (Å²) in [7, 11) is 0. The first-order valence-electron chi connectivity index (χ1n) is 7.08. The van der Waals surface area contributed by atoms with Gasteiger partial charge in [0.2, 0.25) is 0 Å². The van der Waals surface area contributed by atoms with Crippen molar-refractivity contribution in [1.29, 1.82) is 0 Å². The van der Waals surface area contributed by atoms with E-state index in [9.17, 15) is 0 Å². The zero-order valence-corrected chi connectivity index (χ0v) is 12.1. The Balaban J connectivity index is 1.80. The second-order valence-corrected chi connectivity index (χ2v) is 5.58. The molecule has 4 heteroatoms. The van der Waals surface area contributed by atoms with Gasteiger partial charge in [0, 0.05) is 18.3 Å². The second kappa shape index (κ2) is 6.18. The fourth-order valence-corrected chi connectivity index (χ4v) is 3.09. The lowest BCUT2D eigenvalue weighted by atomic mass is 9.94. The van der Waals surface area contributed by atoms with Gasteiger partial charge in [0.15, 0.2) is 0 Å². The molecule has 0 radical (unpaired) electrons. The average Bonchev–Trinajstić information content (AvgIpc) is 3.18. The van der Waals surface area contributed by atoms with Gasteiger partial charge in [-0.3, -0.25) is 4.57 Å². The minimum Gasteiger partial charge on any atom is -0.462 e. The molecule has 2 aromatic rings. The largest absolute Gasteiger partial charge is 0.462 e. The zero-order valence-electron chi connectivity index (χ0n) is 11.3. The third kappa shape index (κ3) is 2.90. The van der Waals surface area contributed by atoms with Gasteiger partial charge in [0.25, 0.3) is 5.17 Å². The van der Waals surface area contributed by atoms with Crippen LogP contribution in [0.1, 0.15) is 37.4 Å². The SMILES string of the molecule is S=C(OC(c1ccccc1)C1CCCC1)n1ccnc1. The van der Waals surface area contributed by atoms with Crippen molar-refractivity contribution < 1.29 is 4.74 Å². The quantitative estimate of drug-likeness (QED) is 0.799. The molecule has 0 saturated heterocycles. The molecule has 1 aliphatic carbocycles. The number of benzene rings is 1. The van der Waals surface area contributed by atoms with Crippen LogP contribution in [0.3, 0.4) is 0 Å². The highest BCUT2D eigenvalue weighted by molar-refractivity contribution is 7.80. The van der Waals surface area contributed by atoms with E-state index < -0.39 is 0 Å². The maximum Gasteiger partial charge on any atom is 0.269 e. The molecule has 0 amide bonds. The van der Waals surface area contributed by atoms with Crippen LogP contribution < -0.4 is 0 Å². The molecule has 1 heterocycles. The molecule has 1 atom stereocenters. The summed E-state index contributed by atoms with van der Waals surface area (Å²) in [6.45, 7) is 0. The normalized spacial score (nSPS) is 17.0. The van der Waals surface area contributed by atoms with Crippen molar-refractivity contribution in [3.8, 4) is 0 Å². The molecule has 1 saturated carbocycles. The minimum absolute atomic E-state index is 0.0496. The highest BCUT2D eigenvalue weighted by Crippen LogP contribution is 2.38. The number of thiocarbonyl (C=S) groups is 1. The van der Waals surface area contributed by atoms with E-state index in [1.807, 2.05) is 12.3 Å². The van der Waals surface area contributed by atoms with Crippen LogP contribution in [-0.2, 0) is 4.74 Å². The number of nitrogens with zero attached hydrogens (tertiary/aromatic N) is 2. The van der Waals surface area contributed by atoms with Gasteiger partial charge >= 0.3 is 0 Å². The number of ether oxygens (including phenoxy) is 1. The smallest absolute Gasteiger partial charge is 0.269 e. The zero-order chi connectivity index (χ0) is 13.8. The van der Waals surface area contributed by atoms with Crippen molar-refractivity contribution in [2.45, 2.75) is 31.8 Å². The van der Waals surface area contributed by atoms with Crippen molar-refractivity contribution in [3.63, 3.8) is 0 Å². The lowest BCUT2D eigenvalue weighted by Crippen LogP contribution is -2.20. The summed E-state index contributed by atoms with van der Waals surface area (Å²) in [5, 5.41) is 0.475. The second-order valence-electron chi connectivity index (χ2n) is 5.23. The molecular formula is C16H18N2OS. The topological polar surface area (TPSA) is 27.1 Å². The molecule has 1 fully saturated rings. The van der Waals surface area contributed by atoms with Crippen LogP contribution in [-0.4, -0.2) is 14.7 Å². The summed E-state index contributed by atoms with van der Waals surface area (Å²) in [6, 6.07) is 10.4. The fourth-order valence-electron chi connectivity index (χ4n) is 2.88. The average molecular weight is 286 g/mol. The van der Waals surface area contributed by atoms with Gasteiger partial charge in [-0.25, -0.2) is 4.98 Å². The van der Waals surface area contributed by atoms with Crippen molar-refractivity contribution in [1.82, 2.24) is 9.55 Å². The molecule has 0 bridgehead atoms. The van der Waals surface area contributed by atoms with E-state index in [4.69, 9.17) is 17.0 Å². The first kappa shape index (κ1) is 13.3. The van der Waals surface area contributed by atoms with Gasteiger partial charge < -0.3 is 4.74 Å². The van der Waals surface area contributed by atoms with Crippen LogP contribution in [0.15, 0.2) is 49.1 Å². The Kier molecular flexibility index (Phi) is 4.11. The van der Waals surface area contributed by atoms with Gasteiger partial charge in [-0.2, -0.15) is 0 Å². The number of hydrogen-bond donors (Lipinski definition) is 0. The highest BCUT2D eigenvalue weighted by atomic mass is 32.1. The first-order valence-corrected chi connectivity index (χ1v) is 7.49. The Morgan fingerprint density at radius 1 is 1.25 bits per heavy atom. The lowest BCUT2D eigenvalue weighted by Gasteiger charge is -2.25. The predicted molar refractivity (Wildman–Crippen MR) is 82.4 cm³/mol. The Labute approximate surface area is 124 Å². The molecular weight excluding hydrogens is 268 g/mol. The van der Waals surface area contributed by atoms with Crippen LogP contribution >= 0.6 is 12.2 Å². The van der Waals surface area contributed by atoms with Crippen molar-refractivity contribution in [2.75, 3.05) is 0 Å². The monoisotopic (exact) mass is 286 g/mol. The van der Waals surface area contributed by atoms with Crippen LogP contribution in [0.25, 0.3) is 0 Å². The van der Waals surface area contributed by atoms with Gasteiger partial charge in [0.05, 0.1) is 0 Å². The van der Waals surface area contributed by atoms with Gasteiger partial charge in [0.1, 0.15) is 12.4 Å². The summed E-state index contributed by atoms with van der Waals surface area (Å²) < 4.78 is 7.87. The first-order chi connectivity index (χ1) is 9.84. The van der Waals surface area contributed by atoms with Crippen molar-refractivity contribution >= 4 is 17.4 Å². The molecule has 3 rings (SSSR count). The Hall–Kier alpha value is -1.68. The van der Waals surface area contributed by atoms with Gasteiger partial charge in [-0.05, 0) is 30.6 Å². The van der Waals surface area contributed by atoms with Crippen molar-refractivity contribution in [2.24, 2.45) is 5.92 Å². The third-order valence-electron chi connectivity index (χ3n) is 3.90. The maximum atomic E-state index is 6.12.